The Labute approximate surface area is 166 Å². The Kier molecular flexibility index (Phi) is 4.88. The molecule has 0 N–H and O–H groups in total. The van der Waals surface area contributed by atoms with Gasteiger partial charge in [-0.1, -0.05) is 65.7 Å². The largest absolute Gasteiger partial charge is 0.489 e. The molecule has 0 amide bonds. The van der Waals surface area contributed by atoms with Crippen molar-refractivity contribution < 1.29 is 14.3 Å². The Hall–Kier alpha value is -2.75. The van der Waals surface area contributed by atoms with Crippen LogP contribution in [-0.4, -0.2) is 5.78 Å². The highest BCUT2D eigenvalue weighted by atomic mass is 35.5. The minimum Gasteiger partial charge on any atom is -0.489 e. The Bertz CT molecular complexity index is 1040. The van der Waals surface area contributed by atoms with E-state index < -0.39 is 0 Å². The maximum absolute atomic E-state index is 12.6. The summed E-state index contributed by atoms with van der Waals surface area (Å²) in [5, 5.41) is 0.802. The molecular weight excluding hydrogens is 383 g/mol. The zero-order valence-corrected chi connectivity index (χ0v) is 15.6. The Morgan fingerprint density at radius 3 is 2.59 bits per heavy atom. The number of fused-ring (bicyclic) bond motifs is 1. The van der Waals surface area contributed by atoms with Crippen LogP contribution in [0.2, 0.25) is 10.0 Å². The summed E-state index contributed by atoms with van der Waals surface area (Å²) < 4.78 is 11.5. The number of ether oxygens (including phenoxy) is 2. The number of benzene rings is 3. The second kappa shape index (κ2) is 7.47. The van der Waals surface area contributed by atoms with E-state index in [1.165, 1.54) is 0 Å². The van der Waals surface area contributed by atoms with Crippen LogP contribution in [0.25, 0.3) is 6.08 Å². The molecule has 0 saturated heterocycles. The van der Waals surface area contributed by atoms with Crippen molar-refractivity contribution >= 4 is 35.1 Å². The molecule has 0 aromatic heterocycles. The maximum atomic E-state index is 12.6. The highest BCUT2D eigenvalue weighted by Gasteiger charge is 2.28. The van der Waals surface area contributed by atoms with E-state index in [-0.39, 0.29) is 11.5 Å². The van der Waals surface area contributed by atoms with Crippen LogP contribution in [0.4, 0.5) is 0 Å². The van der Waals surface area contributed by atoms with Crippen molar-refractivity contribution in [3.8, 4) is 11.5 Å². The fraction of sp³-hybridized carbons (Fsp3) is 0.0455. The van der Waals surface area contributed by atoms with Crippen molar-refractivity contribution in [3.63, 3.8) is 0 Å². The van der Waals surface area contributed by atoms with Crippen LogP contribution >= 0.6 is 23.2 Å². The fourth-order valence-corrected chi connectivity index (χ4v) is 3.13. The molecule has 0 bridgehead atoms. The quantitative estimate of drug-likeness (QED) is 0.493. The van der Waals surface area contributed by atoms with E-state index in [1.807, 2.05) is 30.3 Å². The SMILES string of the molecule is O=C1C(=Cc2cccc(Cl)c2Cl)Oc2cc(OCc3ccccc3)ccc21. The molecule has 0 saturated carbocycles. The summed E-state index contributed by atoms with van der Waals surface area (Å²) in [5.41, 5.74) is 2.18. The molecule has 5 heteroatoms. The van der Waals surface area contributed by atoms with E-state index in [0.29, 0.717) is 39.3 Å². The number of Topliss-reactive ketones (excluding diaryl/α,β-unsaturated/α-hetero) is 1. The Morgan fingerprint density at radius 2 is 1.78 bits per heavy atom. The molecule has 0 fully saturated rings. The molecule has 134 valence electrons. The molecule has 3 aromatic carbocycles. The van der Waals surface area contributed by atoms with Crippen LogP contribution in [0.5, 0.6) is 11.5 Å². The van der Waals surface area contributed by atoms with Gasteiger partial charge >= 0.3 is 0 Å². The summed E-state index contributed by atoms with van der Waals surface area (Å²) in [4.78, 5) is 12.6. The van der Waals surface area contributed by atoms with Crippen LogP contribution in [-0.2, 0) is 6.61 Å². The fourth-order valence-electron chi connectivity index (χ4n) is 2.77. The molecular formula is C22H14Cl2O3. The molecule has 3 aromatic rings. The number of ketones is 1. The molecule has 0 spiro atoms. The van der Waals surface area contributed by atoms with E-state index in [1.54, 1.807) is 42.5 Å². The molecule has 0 aliphatic carbocycles. The van der Waals surface area contributed by atoms with E-state index >= 15 is 0 Å². The number of rotatable bonds is 4. The lowest BCUT2D eigenvalue weighted by Crippen LogP contribution is -1.98. The van der Waals surface area contributed by atoms with Gasteiger partial charge in [0.1, 0.15) is 18.1 Å². The average molecular weight is 397 g/mol. The third-order valence-corrected chi connectivity index (χ3v) is 4.99. The molecule has 4 rings (SSSR count). The average Bonchev–Trinajstić information content (AvgIpc) is 2.99. The zero-order chi connectivity index (χ0) is 18.8. The van der Waals surface area contributed by atoms with Gasteiger partial charge in [-0.05, 0) is 35.4 Å². The summed E-state index contributed by atoms with van der Waals surface area (Å²) in [7, 11) is 0. The van der Waals surface area contributed by atoms with Crippen LogP contribution in [0, 0.1) is 0 Å². The van der Waals surface area contributed by atoms with E-state index in [2.05, 4.69) is 0 Å². The second-order valence-electron chi connectivity index (χ2n) is 6.02. The Morgan fingerprint density at radius 1 is 0.963 bits per heavy atom. The van der Waals surface area contributed by atoms with Crippen LogP contribution < -0.4 is 9.47 Å². The van der Waals surface area contributed by atoms with Gasteiger partial charge in [0.2, 0.25) is 5.78 Å². The topological polar surface area (TPSA) is 35.5 Å². The third kappa shape index (κ3) is 3.70. The molecule has 0 atom stereocenters. The zero-order valence-electron chi connectivity index (χ0n) is 14.1. The molecule has 1 aliphatic heterocycles. The normalized spacial score (nSPS) is 14.1. The Balaban J connectivity index is 1.55. The summed E-state index contributed by atoms with van der Waals surface area (Å²) in [6.45, 7) is 0.439. The summed E-state index contributed by atoms with van der Waals surface area (Å²) in [6.07, 6.45) is 1.60. The number of carbonyl (C=O) groups excluding carboxylic acids is 1. The van der Waals surface area contributed by atoms with Gasteiger partial charge in [0, 0.05) is 6.07 Å². The molecule has 1 aliphatic rings. The highest BCUT2D eigenvalue weighted by Crippen LogP contribution is 2.36. The van der Waals surface area contributed by atoms with Crippen molar-refractivity contribution in [2.24, 2.45) is 0 Å². The number of allylic oxidation sites excluding steroid dienone is 1. The van der Waals surface area contributed by atoms with Crippen LogP contribution in [0.15, 0.2) is 72.5 Å². The molecule has 0 unspecified atom stereocenters. The standard InChI is InChI=1S/C22H14Cl2O3/c23-18-8-4-7-15(21(18)24)11-20-22(25)17-10-9-16(12-19(17)27-20)26-13-14-5-2-1-3-6-14/h1-12H,13H2. The lowest BCUT2D eigenvalue weighted by Gasteiger charge is -2.07. The van der Waals surface area contributed by atoms with Crippen molar-refractivity contribution in [1.82, 2.24) is 0 Å². The van der Waals surface area contributed by atoms with Crippen molar-refractivity contribution in [1.29, 1.82) is 0 Å². The van der Waals surface area contributed by atoms with Crippen molar-refractivity contribution in [2.45, 2.75) is 6.61 Å². The van der Waals surface area contributed by atoms with Crippen LogP contribution in [0.3, 0.4) is 0 Å². The summed E-state index contributed by atoms with van der Waals surface area (Å²) in [5.74, 6) is 1.10. The van der Waals surface area contributed by atoms with Gasteiger partial charge in [0.15, 0.2) is 5.76 Å². The number of carbonyl (C=O) groups is 1. The molecule has 0 radical (unpaired) electrons. The maximum Gasteiger partial charge on any atom is 0.231 e. The van der Waals surface area contributed by atoms with Gasteiger partial charge in [-0.3, -0.25) is 4.79 Å². The van der Waals surface area contributed by atoms with Crippen LogP contribution in [0.1, 0.15) is 21.5 Å². The predicted molar refractivity (Wildman–Crippen MR) is 107 cm³/mol. The van der Waals surface area contributed by atoms with E-state index in [4.69, 9.17) is 32.7 Å². The third-order valence-electron chi connectivity index (χ3n) is 4.16. The molecule has 27 heavy (non-hydrogen) atoms. The van der Waals surface area contributed by atoms with Gasteiger partial charge in [-0.2, -0.15) is 0 Å². The molecule has 1 heterocycles. The smallest absolute Gasteiger partial charge is 0.231 e. The summed E-state index contributed by atoms with van der Waals surface area (Å²) in [6, 6.07) is 20.3. The summed E-state index contributed by atoms with van der Waals surface area (Å²) >= 11 is 12.2. The van der Waals surface area contributed by atoms with Gasteiger partial charge in [-0.25, -0.2) is 0 Å². The van der Waals surface area contributed by atoms with Gasteiger partial charge in [0.25, 0.3) is 0 Å². The van der Waals surface area contributed by atoms with Gasteiger partial charge in [0.05, 0.1) is 15.6 Å². The predicted octanol–water partition coefficient (Wildman–Crippen LogP) is 6.19. The number of halogens is 2. The lowest BCUT2D eigenvalue weighted by atomic mass is 10.1. The number of hydrogen-bond acceptors (Lipinski definition) is 3. The highest BCUT2D eigenvalue weighted by molar-refractivity contribution is 6.43. The van der Waals surface area contributed by atoms with Crippen molar-refractivity contribution in [3.05, 3.63) is 99.2 Å². The second-order valence-corrected chi connectivity index (χ2v) is 6.80. The molecule has 3 nitrogen and oxygen atoms in total. The first-order valence-electron chi connectivity index (χ1n) is 8.31. The minimum atomic E-state index is -0.198. The first-order chi connectivity index (χ1) is 13.1. The number of hydrogen-bond donors (Lipinski definition) is 0. The first kappa shape index (κ1) is 17.7. The van der Waals surface area contributed by atoms with Crippen molar-refractivity contribution in [2.75, 3.05) is 0 Å². The minimum absolute atomic E-state index is 0.198. The van der Waals surface area contributed by atoms with Gasteiger partial charge in [-0.15, -0.1) is 0 Å². The van der Waals surface area contributed by atoms with E-state index in [0.717, 1.165) is 5.56 Å². The first-order valence-corrected chi connectivity index (χ1v) is 9.06. The lowest BCUT2D eigenvalue weighted by molar-refractivity contribution is 0.101. The monoisotopic (exact) mass is 396 g/mol. The van der Waals surface area contributed by atoms with Gasteiger partial charge < -0.3 is 9.47 Å². The van der Waals surface area contributed by atoms with E-state index in [9.17, 15) is 4.79 Å².